The fourth-order valence-corrected chi connectivity index (χ4v) is 7.24. The van der Waals surface area contributed by atoms with E-state index in [1.54, 1.807) is 6.20 Å². The molecule has 6 heteroatoms. The summed E-state index contributed by atoms with van der Waals surface area (Å²) in [6.45, 7) is 5.60. The van der Waals surface area contributed by atoms with Gasteiger partial charge in [0.05, 0.1) is 5.69 Å². The number of carbonyl (C=O) groups excluding carboxylic acids is 1. The minimum absolute atomic E-state index is 0.100. The van der Waals surface area contributed by atoms with Crippen molar-refractivity contribution in [3.8, 4) is 0 Å². The summed E-state index contributed by atoms with van der Waals surface area (Å²) in [5.74, 6) is 3.62. The van der Waals surface area contributed by atoms with Gasteiger partial charge in [-0.3, -0.25) is 14.1 Å². The van der Waals surface area contributed by atoms with Crippen molar-refractivity contribution in [2.75, 3.05) is 26.2 Å². The van der Waals surface area contributed by atoms with Gasteiger partial charge in [0.15, 0.2) is 0 Å². The lowest BCUT2D eigenvalue weighted by Crippen LogP contribution is -2.64. The molecule has 4 saturated carbocycles. The van der Waals surface area contributed by atoms with E-state index in [-0.39, 0.29) is 5.91 Å². The molecule has 4 bridgehead atoms. The van der Waals surface area contributed by atoms with Crippen LogP contribution in [0.5, 0.6) is 0 Å². The van der Waals surface area contributed by atoms with Gasteiger partial charge in [-0.05, 0) is 69.3 Å². The average molecular weight is 380 g/mol. The Kier molecular flexibility index (Phi) is 3.65. The Bertz CT molecular complexity index is 891. The first-order valence-electron chi connectivity index (χ1n) is 11.0. The monoisotopic (exact) mass is 379 g/mol. The largest absolute Gasteiger partial charge is 0.335 e. The van der Waals surface area contributed by atoms with Crippen molar-refractivity contribution in [1.82, 2.24) is 24.2 Å². The summed E-state index contributed by atoms with van der Waals surface area (Å²) in [7, 11) is 0. The van der Waals surface area contributed by atoms with Gasteiger partial charge in [0.2, 0.25) is 5.78 Å². The van der Waals surface area contributed by atoms with Crippen molar-refractivity contribution >= 4 is 11.7 Å². The Balaban J connectivity index is 1.20. The highest BCUT2D eigenvalue weighted by Crippen LogP contribution is 2.57. The minimum atomic E-state index is 0.100. The third-order valence-corrected chi connectivity index (χ3v) is 8.02. The van der Waals surface area contributed by atoms with E-state index in [2.05, 4.69) is 14.9 Å². The van der Waals surface area contributed by atoms with Crippen LogP contribution in [0.15, 0.2) is 18.5 Å². The van der Waals surface area contributed by atoms with Crippen molar-refractivity contribution in [3.63, 3.8) is 0 Å². The Labute approximate surface area is 165 Å². The predicted molar refractivity (Wildman–Crippen MR) is 106 cm³/mol. The number of imidazole rings is 1. The Hall–Kier alpha value is -1.95. The van der Waals surface area contributed by atoms with E-state index in [9.17, 15) is 4.79 Å². The standard InChI is InChI=1S/C22H29N5O/c1-15-19(27-4-2-3-23-21(27)24-15)20(28)25-5-7-26(8-6-25)22-12-16-9-17(13-22)11-18(10-16)14-22/h2-4,16-18H,5-14H2,1H3. The van der Waals surface area contributed by atoms with Crippen LogP contribution in [0.3, 0.4) is 0 Å². The molecule has 0 aromatic carbocycles. The van der Waals surface area contributed by atoms with Crippen LogP contribution in [-0.4, -0.2) is 61.8 Å². The molecule has 0 spiro atoms. The van der Waals surface area contributed by atoms with Crippen molar-refractivity contribution in [2.45, 2.75) is 51.0 Å². The second kappa shape index (κ2) is 6.02. The fourth-order valence-electron chi connectivity index (χ4n) is 7.24. The number of piperazine rings is 1. The number of hydrogen-bond acceptors (Lipinski definition) is 4. The van der Waals surface area contributed by atoms with E-state index < -0.39 is 0 Å². The molecule has 7 rings (SSSR count). The molecule has 0 unspecified atom stereocenters. The van der Waals surface area contributed by atoms with Crippen molar-refractivity contribution in [3.05, 3.63) is 29.8 Å². The van der Waals surface area contributed by atoms with Crippen molar-refractivity contribution in [2.24, 2.45) is 17.8 Å². The van der Waals surface area contributed by atoms with Gasteiger partial charge < -0.3 is 4.90 Å². The molecule has 3 heterocycles. The molecule has 4 aliphatic carbocycles. The minimum Gasteiger partial charge on any atom is -0.335 e. The van der Waals surface area contributed by atoms with Crippen LogP contribution in [0.4, 0.5) is 0 Å². The molecule has 5 aliphatic rings. The fraction of sp³-hybridized carbons (Fsp3) is 0.682. The number of aryl methyl sites for hydroxylation is 1. The second-order valence-electron chi connectivity index (χ2n) is 9.76. The molecule has 2 aromatic rings. The van der Waals surface area contributed by atoms with E-state index in [1.807, 2.05) is 28.5 Å². The number of fused-ring (bicyclic) bond motifs is 1. The number of amides is 1. The summed E-state index contributed by atoms with van der Waals surface area (Å²) in [6.07, 6.45) is 12.3. The first kappa shape index (κ1) is 17.0. The summed E-state index contributed by atoms with van der Waals surface area (Å²) < 4.78 is 1.84. The second-order valence-corrected chi connectivity index (χ2v) is 9.76. The first-order valence-corrected chi connectivity index (χ1v) is 11.0. The molecular formula is C22H29N5O. The van der Waals surface area contributed by atoms with Crippen molar-refractivity contribution < 1.29 is 4.79 Å². The van der Waals surface area contributed by atoms with Crippen LogP contribution in [0.2, 0.25) is 0 Å². The van der Waals surface area contributed by atoms with Crippen LogP contribution >= 0.6 is 0 Å². The van der Waals surface area contributed by atoms with Gasteiger partial charge in [-0.25, -0.2) is 9.97 Å². The smallest absolute Gasteiger partial charge is 0.272 e. The molecule has 0 N–H and O–H groups in total. The normalized spacial score (nSPS) is 35.0. The summed E-state index contributed by atoms with van der Waals surface area (Å²) in [5, 5.41) is 0. The lowest BCUT2D eigenvalue weighted by Gasteiger charge is -2.61. The number of hydrogen-bond donors (Lipinski definition) is 0. The summed E-state index contributed by atoms with van der Waals surface area (Å²) in [5.41, 5.74) is 1.89. The summed E-state index contributed by atoms with van der Waals surface area (Å²) in [4.78, 5) is 26.8. The average Bonchev–Trinajstić information content (AvgIpc) is 3.02. The van der Waals surface area contributed by atoms with Gasteiger partial charge >= 0.3 is 0 Å². The van der Waals surface area contributed by atoms with Gasteiger partial charge in [0.25, 0.3) is 5.91 Å². The number of nitrogens with zero attached hydrogens (tertiary/aromatic N) is 5. The molecular weight excluding hydrogens is 350 g/mol. The van der Waals surface area contributed by atoms with Crippen LogP contribution < -0.4 is 0 Å². The first-order chi connectivity index (χ1) is 13.6. The lowest BCUT2D eigenvalue weighted by atomic mass is 9.52. The zero-order chi connectivity index (χ0) is 18.9. The number of aromatic nitrogens is 3. The molecule has 1 saturated heterocycles. The summed E-state index contributed by atoms with van der Waals surface area (Å²) >= 11 is 0. The maximum Gasteiger partial charge on any atom is 0.272 e. The zero-order valence-corrected chi connectivity index (χ0v) is 16.7. The van der Waals surface area contributed by atoms with E-state index in [1.165, 1.54) is 38.5 Å². The Morgan fingerprint density at radius 3 is 2.32 bits per heavy atom. The predicted octanol–water partition coefficient (Wildman–Crippen LogP) is 2.76. The van der Waals surface area contributed by atoms with Gasteiger partial charge in [-0.1, -0.05) is 0 Å². The van der Waals surface area contributed by atoms with Crippen LogP contribution in [0.1, 0.15) is 54.7 Å². The van der Waals surface area contributed by atoms with E-state index >= 15 is 0 Å². The van der Waals surface area contributed by atoms with Crippen molar-refractivity contribution in [1.29, 1.82) is 0 Å². The summed E-state index contributed by atoms with van der Waals surface area (Å²) in [6, 6.07) is 1.86. The van der Waals surface area contributed by atoms with Gasteiger partial charge in [0, 0.05) is 44.1 Å². The molecule has 6 nitrogen and oxygen atoms in total. The molecule has 28 heavy (non-hydrogen) atoms. The van der Waals surface area contributed by atoms with Gasteiger partial charge in [-0.2, -0.15) is 0 Å². The van der Waals surface area contributed by atoms with E-state index in [0.29, 0.717) is 17.0 Å². The SMILES string of the molecule is Cc1nc2ncccn2c1C(=O)N1CCN(C23CC4CC(CC(C4)C2)C3)CC1. The highest BCUT2D eigenvalue weighted by atomic mass is 16.2. The molecule has 1 aliphatic heterocycles. The molecule has 2 aromatic heterocycles. The van der Waals surface area contributed by atoms with Crippen LogP contribution in [0, 0.1) is 24.7 Å². The molecule has 5 fully saturated rings. The third kappa shape index (κ3) is 2.46. The van der Waals surface area contributed by atoms with Crippen LogP contribution in [0.25, 0.3) is 5.78 Å². The quantitative estimate of drug-likeness (QED) is 0.805. The Morgan fingerprint density at radius 2 is 1.68 bits per heavy atom. The third-order valence-electron chi connectivity index (χ3n) is 8.02. The maximum absolute atomic E-state index is 13.3. The molecule has 0 radical (unpaired) electrons. The lowest BCUT2D eigenvalue weighted by molar-refractivity contribution is -0.0987. The number of rotatable bonds is 2. The van der Waals surface area contributed by atoms with Gasteiger partial charge in [-0.15, -0.1) is 0 Å². The Morgan fingerprint density at radius 1 is 1.04 bits per heavy atom. The molecule has 148 valence electrons. The number of carbonyl (C=O) groups is 1. The highest BCUT2D eigenvalue weighted by molar-refractivity contribution is 5.94. The van der Waals surface area contributed by atoms with Crippen LogP contribution in [-0.2, 0) is 0 Å². The van der Waals surface area contributed by atoms with E-state index in [4.69, 9.17) is 0 Å². The zero-order valence-electron chi connectivity index (χ0n) is 16.7. The van der Waals surface area contributed by atoms with Gasteiger partial charge in [0.1, 0.15) is 5.69 Å². The molecule has 1 amide bonds. The molecule has 0 atom stereocenters. The highest BCUT2D eigenvalue weighted by Gasteiger charge is 2.53. The van der Waals surface area contributed by atoms with E-state index in [0.717, 1.165) is 49.6 Å². The maximum atomic E-state index is 13.3. The topological polar surface area (TPSA) is 53.7 Å².